The van der Waals surface area contributed by atoms with E-state index in [-0.39, 0.29) is 16.9 Å². The molecule has 1 N–H and O–H groups in total. The standard InChI is InChI=1S/C24H35NO2/c1-17(2)27-10-4-9-25-22(26)24-14-19-11-20(15-24)13-23(12-19,16-24)21-7-5-18(3)6-8-21/h5-8,17,19-20H,4,9-16H2,1-3H3,(H,25,26)/t19-,20+,23?,24?. The molecule has 2 unspecified atom stereocenters. The highest BCUT2D eigenvalue weighted by molar-refractivity contribution is 5.83. The fraction of sp³-hybridized carbons (Fsp3) is 0.708. The maximum atomic E-state index is 13.3. The van der Waals surface area contributed by atoms with Crippen molar-refractivity contribution < 1.29 is 9.53 Å². The van der Waals surface area contributed by atoms with E-state index in [9.17, 15) is 4.79 Å². The molecule has 3 nitrogen and oxygen atoms in total. The third-order valence-corrected chi connectivity index (χ3v) is 7.26. The van der Waals surface area contributed by atoms with Gasteiger partial charge in [0.25, 0.3) is 0 Å². The molecule has 0 radical (unpaired) electrons. The van der Waals surface area contributed by atoms with Crippen molar-refractivity contribution in [2.45, 2.75) is 77.2 Å². The zero-order chi connectivity index (χ0) is 19.1. The van der Waals surface area contributed by atoms with Gasteiger partial charge in [0.05, 0.1) is 11.5 Å². The Morgan fingerprint density at radius 2 is 1.81 bits per heavy atom. The number of aryl methyl sites for hydroxylation is 1. The molecule has 4 fully saturated rings. The van der Waals surface area contributed by atoms with E-state index < -0.39 is 0 Å². The molecule has 27 heavy (non-hydrogen) atoms. The zero-order valence-electron chi connectivity index (χ0n) is 17.2. The molecule has 148 valence electrons. The second-order valence-corrected chi connectivity index (χ2v) is 9.92. The van der Waals surface area contributed by atoms with E-state index in [1.54, 1.807) is 0 Å². The molecule has 1 aromatic carbocycles. The van der Waals surface area contributed by atoms with Gasteiger partial charge < -0.3 is 10.1 Å². The maximum Gasteiger partial charge on any atom is 0.226 e. The van der Waals surface area contributed by atoms with Crippen LogP contribution in [0.2, 0.25) is 0 Å². The number of hydrogen-bond donors (Lipinski definition) is 1. The van der Waals surface area contributed by atoms with E-state index in [1.165, 1.54) is 30.4 Å². The molecule has 4 atom stereocenters. The monoisotopic (exact) mass is 369 g/mol. The first-order valence-electron chi connectivity index (χ1n) is 10.9. The summed E-state index contributed by atoms with van der Waals surface area (Å²) in [5.74, 6) is 1.77. The summed E-state index contributed by atoms with van der Waals surface area (Å²) in [5, 5.41) is 3.27. The van der Waals surface area contributed by atoms with Crippen molar-refractivity contribution in [3.05, 3.63) is 35.4 Å². The van der Waals surface area contributed by atoms with Crippen molar-refractivity contribution in [3.8, 4) is 0 Å². The van der Waals surface area contributed by atoms with Crippen molar-refractivity contribution in [1.82, 2.24) is 5.32 Å². The summed E-state index contributed by atoms with van der Waals surface area (Å²) in [7, 11) is 0. The van der Waals surface area contributed by atoms with E-state index >= 15 is 0 Å². The van der Waals surface area contributed by atoms with Crippen molar-refractivity contribution in [2.24, 2.45) is 17.3 Å². The van der Waals surface area contributed by atoms with Gasteiger partial charge in [-0.3, -0.25) is 4.79 Å². The topological polar surface area (TPSA) is 38.3 Å². The van der Waals surface area contributed by atoms with Crippen LogP contribution in [-0.2, 0) is 14.9 Å². The van der Waals surface area contributed by atoms with Crippen molar-refractivity contribution in [2.75, 3.05) is 13.2 Å². The van der Waals surface area contributed by atoms with Gasteiger partial charge in [0.2, 0.25) is 5.91 Å². The number of carbonyl (C=O) groups is 1. The Kier molecular flexibility index (Phi) is 5.09. The third-order valence-electron chi connectivity index (χ3n) is 7.26. The van der Waals surface area contributed by atoms with E-state index in [0.29, 0.717) is 5.91 Å². The average molecular weight is 370 g/mol. The molecule has 4 aliphatic rings. The molecule has 0 aliphatic heterocycles. The number of benzene rings is 1. The highest BCUT2D eigenvalue weighted by Crippen LogP contribution is 2.65. The van der Waals surface area contributed by atoms with Gasteiger partial charge in [-0.1, -0.05) is 29.8 Å². The summed E-state index contributed by atoms with van der Waals surface area (Å²) < 4.78 is 5.61. The SMILES string of the molecule is Cc1ccc(C23C[C@@H]4C[C@@H](CC(C(=O)NCCCOC(C)C)(C4)C2)C3)cc1. The lowest BCUT2D eigenvalue weighted by Crippen LogP contribution is -2.59. The van der Waals surface area contributed by atoms with Crippen LogP contribution in [0.15, 0.2) is 24.3 Å². The molecule has 3 heteroatoms. The van der Waals surface area contributed by atoms with Gasteiger partial charge in [-0.2, -0.15) is 0 Å². The molecule has 0 heterocycles. The van der Waals surface area contributed by atoms with Gasteiger partial charge in [-0.05, 0) is 88.5 Å². The Hall–Kier alpha value is -1.35. The van der Waals surface area contributed by atoms with Crippen molar-refractivity contribution in [3.63, 3.8) is 0 Å². The number of hydrogen-bond acceptors (Lipinski definition) is 2. The zero-order valence-corrected chi connectivity index (χ0v) is 17.2. The van der Waals surface area contributed by atoms with E-state index in [2.05, 4.69) is 50.4 Å². The third kappa shape index (κ3) is 3.68. The minimum atomic E-state index is -0.131. The van der Waals surface area contributed by atoms with E-state index in [0.717, 1.165) is 50.7 Å². The van der Waals surface area contributed by atoms with Gasteiger partial charge in [0.15, 0.2) is 0 Å². The predicted octanol–water partition coefficient (Wildman–Crippen LogP) is 4.76. The molecular formula is C24H35NO2. The summed E-state index contributed by atoms with van der Waals surface area (Å²) in [6.07, 6.45) is 8.31. The number of amides is 1. The smallest absolute Gasteiger partial charge is 0.226 e. The normalized spacial score (nSPS) is 34.2. The van der Waals surface area contributed by atoms with Crippen LogP contribution in [0.3, 0.4) is 0 Å². The minimum absolute atomic E-state index is 0.131. The minimum Gasteiger partial charge on any atom is -0.379 e. The Labute approximate surface area is 164 Å². The molecule has 0 spiro atoms. The van der Waals surface area contributed by atoms with Crippen molar-refractivity contribution >= 4 is 5.91 Å². The summed E-state index contributed by atoms with van der Waals surface area (Å²) in [6, 6.07) is 9.15. The van der Waals surface area contributed by atoms with Gasteiger partial charge in [0.1, 0.15) is 0 Å². The Balaban J connectivity index is 1.47. The van der Waals surface area contributed by atoms with E-state index in [1.807, 2.05) is 0 Å². The number of rotatable bonds is 7. The van der Waals surface area contributed by atoms with Gasteiger partial charge >= 0.3 is 0 Å². The Morgan fingerprint density at radius 3 is 2.44 bits per heavy atom. The van der Waals surface area contributed by atoms with Crippen LogP contribution in [0.5, 0.6) is 0 Å². The molecule has 5 rings (SSSR count). The fourth-order valence-corrected chi connectivity index (χ4v) is 6.55. The fourth-order valence-electron chi connectivity index (χ4n) is 6.55. The molecular weight excluding hydrogens is 334 g/mol. The lowest BCUT2D eigenvalue weighted by atomic mass is 9.42. The quantitative estimate of drug-likeness (QED) is 0.704. The molecule has 4 aliphatic carbocycles. The summed E-state index contributed by atoms with van der Waals surface area (Å²) in [6.45, 7) is 7.72. The first-order valence-corrected chi connectivity index (χ1v) is 10.9. The largest absolute Gasteiger partial charge is 0.379 e. The predicted molar refractivity (Wildman–Crippen MR) is 109 cm³/mol. The first-order chi connectivity index (χ1) is 12.9. The van der Waals surface area contributed by atoms with Crippen LogP contribution in [0.4, 0.5) is 0 Å². The molecule has 1 amide bonds. The molecule has 1 aromatic rings. The Bertz CT molecular complexity index is 664. The number of nitrogens with one attached hydrogen (secondary N) is 1. The van der Waals surface area contributed by atoms with E-state index in [4.69, 9.17) is 4.74 Å². The van der Waals surface area contributed by atoms with Crippen LogP contribution >= 0.6 is 0 Å². The Morgan fingerprint density at radius 1 is 1.15 bits per heavy atom. The first kappa shape index (κ1) is 19.0. The highest BCUT2D eigenvalue weighted by Gasteiger charge is 2.60. The van der Waals surface area contributed by atoms with Crippen LogP contribution in [0.1, 0.15) is 69.9 Å². The van der Waals surface area contributed by atoms with Crippen LogP contribution in [0, 0.1) is 24.2 Å². The maximum absolute atomic E-state index is 13.3. The van der Waals surface area contributed by atoms with Gasteiger partial charge in [-0.25, -0.2) is 0 Å². The molecule has 0 aromatic heterocycles. The summed E-state index contributed by atoms with van der Waals surface area (Å²) in [4.78, 5) is 13.3. The van der Waals surface area contributed by atoms with Gasteiger partial charge in [0, 0.05) is 13.2 Å². The highest BCUT2D eigenvalue weighted by atomic mass is 16.5. The lowest BCUT2D eigenvalue weighted by Gasteiger charge is -2.61. The number of carbonyl (C=O) groups excluding carboxylic acids is 1. The van der Waals surface area contributed by atoms with Crippen LogP contribution in [-0.4, -0.2) is 25.2 Å². The summed E-state index contributed by atoms with van der Waals surface area (Å²) in [5.41, 5.74) is 2.90. The van der Waals surface area contributed by atoms with Gasteiger partial charge in [-0.15, -0.1) is 0 Å². The van der Waals surface area contributed by atoms with Crippen LogP contribution < -0.4 is 5.32 Å². The second-order valence-electron chi connectivity index (χ2n) is 9.92. The molecule has 4 bridgehead atoms. The average Bonchev–Trinajstić information content (AvgIpc) is 2.60. The molecule has 0 saturated heterocycles. The second kappa shape index (κ2) is 7.24. The summed E-state index contributed by atoms with van der Waals surface area (Å²) >= 11 is 0. The lowest BCUT2D eigenvalue weighted by molar-refractivity contribution is -0.149. The van der Waals surface area contributed by atoms with Crippen LogP contribution in [0.25, 0.3) is 0 Å². The van der Waals surface area contributed by atoms with Crippen molar-refractivity contribution in [1.29, 1.82) is 0 Å². The number of ether oxygens (including phenoxy) is 1. The molecule has 4 saturated carbocycles.